The van der Waals surface area contributed by atoms with Gasteiger partial charge in [0.25, 0.3) is 0 Å². The molecule has 3 rings (SSSR count). The fraction of sp³-hybridized carbons (Fsp3) is 0.235. The number of hydrogen-bond acceptors (Lipinski definition) is 3. The summed E-state index contributed by atoms with van der Waals surface area (Å²) in [5.41, 5.74) is 3.49. The highest BCUT2D eigenvalue weighted by Crippen LogP contribution is 2.26. The van der Waals surface area contributed by atoms with Crippen LogP contribution in [0.25, 0.3) is 0 Å². The van der Waals surface area contributed by atoms with Crippen LogP contribution in [-0.4, -0.2) is 13.2 Å². The normalized spacial score (nSPS) is 12.4. The van der Waals surface area contributed by atoms with E-state index in [0.29, 0.717) is 17.8 Å². The fourth-order valence-corrected chi connectivity index (χ4v) is 2.50. The molecule has 0 fully saturated rings. The van der Waals surface area contributed by atoms with E-state index in [1.54, 1.807) is 6.07 Å². The van der Waals surface area contributed by atoms with Crippen LogP contribution in [0.4, 0.5) is 10.1 Å². The van der Waals surface area contributed by atoms with Crippen molar-refractivity contribution in [2.24, 2.45) is 0 Å². The highest BCUT2D eigenvalue weighted by molar-refractivity contribution is 5.57. The first-order valence-electron chi connectivity index (χ1n) is 6.94. The first-order valence-corrected chi connectivity index (χ1v) is 6.94. The summed E-state index contributed by atoms with van der Waals surface area (Å²) in [6.07, 6.45) is 1.81. The Kier molecular flexibility index (Phi) is 3.74. The lowest BCUT2D eigenvalue weighted by molar-refractivity contribution is 0.357. The second-order valence-corrected chi connectivity index (χ2v) is 5.02. The summed E-state index contributed by atoms with van der Waals surface area (Å²) in [7, 11) is 0. The maximum absolute atomic E-state index is 13.1. The number of nitriles is 1. The van der Waals surface area contributed by atoms with Crippen LogP contribution in [0.2, 0.25) is 0 Å². The minimum Gasteiger partial charge on any atom is -0.493 e. The number of hydrogen-bond donors (Lipinski definition) is 1. The Morgan fingerprint density at radius 2 is 2.14 bits per heavy atom. The van der Waals surface area contributed by atoms with E-state index in [0.717, 1.165) is 25.2 Å². The van der Waals surface area contributed by atoms with E-state index >= 15 is 0 Å². The Labute approximate surface area is 123 Å². The van der Waals surface area contributed by atoms with E-state index in [4.69, 9.17) is 10.00 Å². The summed E-state index contributed by atoms with van der Waals surface area (Å²) in [6, 6.07) is 12.4. The molecule has 21 heavy (non-hydrogen) atoms. The molecule has 2 aromatic rings. The number of anilines is 1. The van der Waals surface area contributed by atoms with Crippen LogP contribution < -0.4 is 10.1 Å². The molecule has 3 nitrogen and oxygen atoms in total. The van der Waals surface area contributed by atoms with E-state index in [9.17, 15) is 4.39 Å². The zero-order chi connectivity index (χ0) is 14.7. The molecule has 2 aromatic carbocycles. The quantitative estimate of drug-likeness (QED) is 0.936. The topological polar surface area (TPSA) is 45.0 Å². The van der Waals surface area contributed by atoms with Crippen molar-refractivity contribution in [2.75, 3.05) is 18.5 Å². The highest BCUT2D eigenvalue weighted by atomic mass is 19.1. The molecule has 0 radical (unpaired) electrons. The van der Waals surface area contributed by atoms with Crippen LogP contribution in [0.1, 0.15) is 16.7 Å². The van der Waals surface area contributed by atoms with Crippen molar-refractivity contribution in [1.82, 2.24) is 0 Å². The number of fused-ring (bicyclic) bond motifs is 1. The van der Waals surface area contributed by atoms with Gasteiger partial charge in [0.05, 0.1) is 17.9 Å². The van der Waals surface area contributed by atoms with Gasteiger partial charge in [-0.1, -0.05) is 12.1 Å². The average Bonchev–Trinajstić information content (AvgIpc) is 2.96. The second-order valence-electron chi connectivity index (χ2n) is 5.02. The number of ether oxygens (including phenoxy) is 1. The molecule has 1 N–H and O–H groups in total. The number of nitrogens with one attached hydrogen (secondary N) is 1. The smallest absolute Gasteiger partial charge is 0.124 e. The largest absolute Gasteiger partial charge is 0.493 e. The van der Waals surface area contributed by atoms with Gasteiger partial charge in [-0.3, -0.25) is 0 Å². The molecule has 0 bridgehead atoms. The van der Waals surface area contributed by atoms with Crippen molar-refractivity contribution in [3.05, 3.63) is 58.9 Å². The van der Waals surface area contributed by atoms with Gasteiger partial charge >= 0.3 is 0 Å². The molecular weight excluding hydrogens is 267 g/mol. The molecule has 0 spiro atoms. The Morgan fingerprint density at radius 3 is 3.00 bits per heavy atom. The predicted octanol–water partition coefficient (Wildman–Crippen LogP) is 3.29. The molecule has 0 saturated heterocycles. The maximum atomic E-state index is 13.1. The first kappa shape index (κ1) is 13.4. The summed E-state index contributed by atoms with van der Waals surface area (Å²) in [4.78, 5) is 0. The molecule has 0 amide bonds. The first-order chi connectivity index (χ1) is 10.3. The summed E-state index contributed by atoms with van der Waals surface area (Å²) in [5, 5.41) is 12.2. The Bertz CT molecular complexity index is 706. The van der Waals surface area contributed by atoms with Crippen molar-refractivity contribution in [2.45, 2.75) is 12.8 Å². The standard InChI is InChI=1S/C17H15FN2O/c18-15-2-3-16(14(10-15)11-19)20-7-5-12-1-4-17-13(9-12)6-8-21-17/h1-4,9-10,20H,5-8H2. The number of halogens is 1. The molecule has 0 aromatic heterocycles. The number of benzene rings is 2. The molecule has 0 saturated carbocycles. The van der Waals surface area contributed by atoms with E-state index in [1.165, 1.54) is 23.3 Å². The highest BCUT2D eigenvalue weighted by Gasteiger charge is 2.11. The Hall–Kier alpha value is -2.54. The summed E-state index contributed by atoms with van der Waals surface area (Å²) in [5.74, 6) is 0.590. The van der Waals surface area contributed by atoms with Gasteiger partial charge in [0, 0.05) is 13.0 Å². The number of nitrogens with zero attached hydrogens (tertiary/aromatic N) is 1. The van der Waals surface area contributed by atoms with Gasteiger partial charge in [-0.15, -0.1) is 0 Å². The molecule has 106 valence electrons. The second kappa shape index (κ2) is 5.84. The third kappa shape index (κ3) is 2.97. The van der Waals surface area contributed by atoms with Gasteiger partial charge in [0.1, 0.15) is 17.6 Å². The predicted molar refractivity (Wildman–Crippen MR) is 78.9 cm³/mol. The van der Waals surface area contributed by atoms with Gasteiger partial charge in [-0.2, -0.15) is 5.26 Å². The van der Waals surface area contributed by atoms with E-state index < -0.39 is 5.82 Å². The van der Waals surface area contributed by atoms with Crippen molar-refractivity contribution in [1.29, 1.82) is 5.26 Å². The van der Waals surface area contributed by atoms with Gasteiger partial charge < -0.3 is 10.1 Å². The van der Waals surface area contributed by atoms with Gasteiger partial charge in [-0.05, 0) is 41.8 Å². The van der Waals surface area contributed by atoms with Crippen LogP contribution in [0.5, 0.6) is 5.75 Å². The fourth-order valence-electron chi connectivity index (χ4n) is 2.50. The van der Waals surface area contributed by atoms with Gasteiger partial charge in [-0.25, -0.2) is 4.39 Å². The SMILES string of the molecule is N#Cc1cc(F)ccc1NCCc1ccc2c(c1)CCO2. The Morgan fingerprint density at radius 1 is 1.24 bits per heavy atom. The summed E-state index contributed by atoms with van der Waals surface area (Å²) < 4.78 is 18.5. The van der Waals surface area contributed by atoms with Crippen molar-refractivity contribution in [3.63, 3.8) is 0 Å². The number of rotatable bonds is 4. The third-order valence-corrected chi connectivity index (χ3v) is 3.59. The van der Waals surface area contributed by atoms with E-state index in [2.05, 4.69) is 17.4 Å². The minimum atomic E-state index is -0.393. The average molecular weight is 282 g/mol. The van der Waals surface area contributed by atoms with Crippen molar-refractivity contribution < 1.29 is 9.13 Å². The minimum absolute atomic E-state index is 0.331. The molecular formula is C17H15FN2O. The zero-order valence-corrected chi connectivity index (χ0v) is 11.5. The van der Waals surface area contributed by atoms with Gasteiger partial charge in [0.15, 0.2) is 0 Å². The van der Waals surface area contributed by atoms with E-state index in [-0.39, 0.29) is 0 Å². The van der Waals surface area contributed by atoms with Crippen LogP contribution in [0.15, 0.2) is 36.4 Å². The maximum Gasteiger partial charge on any atom is 0.124 e. The Balaban J connectivity index is 1.63. The molecule has 0 aliphatic carbocycles. The molecule has 1 aliphatic heterocycles. The molecule has 4 heteroatoms. The molecule has 0 atom stereocenters. The lowest BCUT2D eigenvalue weighted by atomic mass is 10.1. The van der Waals surface area contributed by atoms with Crippen LogP contribution >= 0.6 is 0 Å². The van der Waals surface area contributed by atoms with Crippen LogP contribution in [0, 0.1) is 17.1 Å². The lowest BCUT2D eigenvalue weighted by Gasteiger charge is -2.09. The van der Waals surface area contributed by atoms with Crippen LogP contribution in [-0.2, 0) is 12.8 Å². The summed E-state index contributed by atoms with van der Waals surface area (Å²) >= 11 is 0. The molecule has 0 unspecified atom stereocenters. The van der Waals surface area contributed by atoms with Crippen LogP contribution in [0.3, 0.4) is 0 Å². The molecule has 1 heterocycles. The lowest BCUT2D eigenvalue weighted by Crippen LogP contribution is -2.06. The van der Waals surface area contributed by atoms with Crippen molar-refractivity contribution >= 4 is 5.69 Å². The van der Waals surface area contributed by atoms with Gasteiger partial charge in [0.2, 0.25) is 0 Å². The zero-order valence-electron chi connectivity index (χ0n) is 11.5. The third-order valence-electron chi connectivity index (χ3n) is 3.59. The van der Waals surface area contributed by atoms with E-state index in [1.807, 2.05) is 12.1 Å². The summed E-state index contributed by atoms with van der Waals surface area (Å²) in [6.45, 7) is 1.46. The molecule has 1 aliphatic rings. The monoisotopic (exact) mass is 282 g/mol. The van der Waals surface area contributed by atoms with Crippen molar-refractivity contribution in [3.8, 4) is 11.8 Å².